The largest absolute Gasteiger partial charge is 0.369 e. The molecule has 0 bridgehead atoms. The van der Waals surface area contributed by atoms with E-state index >= 15 is 0 Å². The van der Waals surface area contributed by atoms with Crippen LogP contribution in [0.4, 0.5) is 0 Å². The first kappa shape index (κ1) is 16.4. The predicted molar refractivity (Wildman–Crippen MR) is 85.5 cm³/mol. The Kier molecular flexibility index (Phi) is 5.76. The number of rotatable bonds is 7. The highest BCUT2D eigenvalue weighted by Gasteiger charge is 2.40. The van der Waals surface area contributed by atoms with E-state index in [1.807, 2.05) is 13.8 Å². The third-order valence-corrected chi connectivity index (χ3v) is 5.25. The number of unbranched alkanes of at least 4 members (excludes halogenated alkanes) is 1. The van der Waals surface area contributed by atoms with Crippen molar-refractivity contribution in [3.05, 3.63) is 16.1 Å². The van der Waals surface area contributed by atoms with Crippen molar-refractivity contribution in [1.29, 1.82) is 0 Å². The van der Waals surface area contributed by atoms with Gasteiger partial charge in [-0.1, -0.05) is 26.2 Å². The summed E-state index contributed by atoms with van der Waals surface area (Å²) in [5, 5.41) is 6.34. The summed E-state index contributed by atoms with van der Waals surface area (Å²) in [6.07, 6.45) is 5.93. The number of nitrogens with zero attached hydrogens (tertiary/aromatic N) is 1. The van der Waals surface area contributed by atoms with Crippen LogP contribution >= 0.6 is 11.3 Å². The lowest BCUT2D eigenvalue weighted by Gasteiger charge is -2.29. The number of aryl methyl sites for hydroxylation is 1. The van der Waals surface area contributed by atoms with Gasteiger partial charge in [-0.25, -0.2) is 4.98 Å². The van der Waals surface area contributed by atoms with Crippen LogP contribution in [0.3, 0.4) is 0 Å². The summed E-state index contributed by atoms with van der Waals surface area (Å²) in [7, 11) is 0. The molecule has 1 saturated carbocycles. The summed E-state index contributed by atoms with van der Waals surface area (Å²) in [6, 6.07) is 0. The Morgan fingerprint density at radius 3 is 2.81 bits per heavy atom. The quantitative estimate of drug-likeness (QED) is 0.784. The van der Waals surface area contributed by atoms with Crippen LogP contribution in [0.5, 0.6) is 0 Å². The van der Waals surface area contributed by atoms with Crippen LogP contribution in [0.1, 0.15) is 63.1 Å². The zero-order valence-electron chi connectivity index (χ0n) is 13.3. The zero-order valence-corrected chi connectivity index (χ0v) is 14.1. The highest BCUT2D eigenvalue weighted by atomic mass is 32.1. The normalized spacial score (nSPS) is 18.6. The Bertz CT molecular complexity index is 467. The van der Waals surface area contributed by atoms with Crippen LogP contribution in [0.2, 0.25) is 0 Å². The Balaban J connectivity index is 2.01. The molecule has 0 aromatic carbocycles. The number of nitrogens with one attached hydrogen (secondary N) is 1. The average molecular weight is 310 g/mol. The second kappa shape index (κ2) is 7.36. The minimum atomic E-state index is -0.393. The molecule has 1 aromatic rings. The first-order valence-electron chi connectivity index (χ1n) is 7.93. The molecule has 1 N–H and O–H groups in total. The topological polar surface area (TPSA) is 51.2 Å². The summed E-state index contributed by atoms with van der Waals surface area (Å²) >= 11 is 1.65. The van der Waals surface area contributed by atoms with Crippen LogP contribution in [-0.2, 0) is 15.1 Å². The number of thiazole rings is 1. The highest BCUT2D eigenvalue weighted by molar-refractivity contribution is 7.09. The van der Waals surface area contributed by atoms with Crippen molar-refractivity contribution >= 4 is 17.2 Å². The molecule has 4 nitrogen and oxygen atoms in total. The molecule has 1 fully saturated rings. The number of hydrogen-bond acceptors (Lipinski definition) is 4. The number of hydrogen-bond donors (Lipinski definition) is 1. The van der Waals surface area contributed by atoms with E-state index in [1.54, 1.807) is 11.3 Å². The summed E-state index contributed by atoms with van der Waals surface area (Å²) in [4.78, 5) is 17.0. The fourth-order valence-corrected chi connectivity index (χ4v) is 3.77. The molecule has 0 spiro atoms. The van der Waals surface area contributed by atoms with E-state index in [0.717, 1.165) is 49.2 Å². The first-order valence-corrected chi connectivity index (χ1v) is 8.81. The van der Waals surface area contributed by atoms with Crippen molar-refractivity contribution in [3.8, 4) is 0 Å². The number of ether oxygens (including phenoxy) is 1. The average Bonchev–Trinajstić information content (AvgIpc) is 3.09. The van der Waals surface area contributed by atoms with E-state index in [2.05, 4.69) is 22.6 Å². The van der Waals surface area contributed by atoms with Gasteiger partial charge in [0.1, 0.15) is 11.1 Å². The van der Waals surface area contributed by atoms with E-state index < -0.39 is 6.10 Å². The molecule has 21 heavy (non-hydrogen) atoms. The van der Waals surface area contributed by atoms with Gasteiger partial charge in [-0.05, 0) is 33.1 Å². The van der Waals surface area contributed by atoms with Crippen molar-refractivity contribution < 1.29 is 9.53 Å². The molecule has 1 heterocycles. The van der Waals surface area contributed by atoms with Gasteiger partial charge in [0, 0.05) is 17.7 Å². The molecule has 1 atom stereocenters. The third-order valence-electron chi connectivity index (χ3n) is 4.08. The number of amides is 1. The molecule has 0 saturated heterocycles. The van der Waals surface area contributed by atoms with Gasteiger partial charge in [-0.3, -0.25) is 4.79 Å². The van der Waals surface area contributed by atoms with Gasteiger partial charge in [0.25, 0.3) is 0 Å². The maximum absolute atomic E-state index is 12.4. The molecule has 1 aliphatic rings. The summed E-state index contributed by atoms with van der Waals surface area (Å²) in [5.41, 5.74) is 0.765. The zero-order chi connectivity index (χ0) is 15.3. The van der Waals surface area contributed by atoms with Crippen LogP contribution < -0.4 is 5.32 Å². The Morgan fingerprint density at radius 2 is 2.24 bits per heavy atom. The predicted octanol–water partition coefficient (Wildman–Crippen LogP) is 3.54. The van der Waals surface area contributed by atoms with E-state index in [9.17, 15) is 4.79 Å². The van der Waals surface area contributed by atoms with E-state index in [0.29, 0.717) is 6.61 Å². The van der Waals surface area contributed by atoms with E-state index in [4.69, 9.17) is 4.74 Å². The van der Waals surface area contributed by atoms with Crippen molar-refractivity contribution in [3.63, 3.8) is 0 Å². The summed E-state index contributed by atoms with van der Waals surface area (Å²) in [5.74, 6) is -0.0131. The second-order valence-corrected chi connectivity index (χ2v) is 6.80. The van der Waals surface area contributed by atoms with E-state index in [1.165, 1.54) is 0 Å². The van der Waals surface area contributed by atoms with Crippen molar-refractivity contribution in [2.75, 3.05) is 6.61 Å². The second-order valence-electron chi connectivity index (χ2n) is 5.94. The highest BCUT2D eigenvalue weighted by Crippen LogP contribution is 2.40. The lowest BCUT2D eigenvalue weighted by atomic mass is 9.98. The SMILES string of the molecule is CCCCOC(C)C(=O)NC1(c2nc(C)cs2)CCCC1. The minimum absolute atomic E-state index is 0.0131. The molecule has 1 amide bonds. The Hall–Kier alpha value is -0.940. The maximum Gasteiger partial charge on any atom is 0.249 e. The van der Waals surface area contributed by atoms with E-state index in [-0.39, 0.29) is 11.4 Å². The number of carbonyl (C=O) groups is 1. The lowest BCUT2D eigenvalue weighted by molar-refractivity contribution is -0.134. The first-order chi connectivity index (χ1) is 10.1. The lowest BCUT2D eigenvalue weighted by Crippen LogP contribution is -2.48. The molecule has 0 aliphatic heterocycles. The molecular weight excluding hydrogens is 284 g/mol. The van der Waals surface area contributed by atoms with Crippen LogP contribution in [-0.4, -0.2) is 23.6 Å². The van der Waals surface area contributed by atoms with Gasteiger partial charge in [0.2, 0.25) is 5.91 Å². The van der Waals surface area contributed by atoms with Gasteiger partial charge in [-0.15, -0.1) is 11.3 Å². The molecule has 1 unspecified atom stereocenters. The number of carbonyl (C=O) groups excluding carboxylic acids is 1. The fraction of sp³-hybridized carbons (Fsp3) is 0.750. The summed E-state index contributed by atoms with van der Waals surface area (Å²) in [6.45, 7) is 6.60. The van der Waals surface area contributed by atoms with Crippen molar-refractivity contribution in [1.82, 2.24) is 10.3 Å². The van der Waals surface area contributed by atoms with Gasteiger partial charge in [0.15, 0.2) is 0 Å². The molecule has 118 valence electrons. The smallest absolute Gasteiger partial charge is 0.249 e. The van der Waals surface area contributed by atoms with Gasteiger partial charge in [0.05, 0.1) is 5.54 Å². The molecule has 5 heteroatoms. The van der Waals surface area contributed by atoms with Crippen molar-refractivity contribution in [2.45, 2.75) is 70.9 Å². The molecule has 1 aromatic heterocycles. The van der Waals surface area contributed by atoms with Gasteiger partial charge in [-0.2, -0.15) is 0 Å². The van der Waals surface area contributed by atoms with Crippen molar-refractivity contribution in [2.24, 2.45) is 0 Å². The van der Waals surface area contributed by atoms with Gasteiger partial charge >= 0.3 is 0 Å². The van der Waals surface area contributed by atoms with Crippen LogP contribution in [0, 0.1) is 6.92 Å². The third kappa shape index (κ3) is 4.04. The maximum atomic E-state index is 12.4. The molecular formula is C16H26N2O2S. The Morgan fingerprint density at radius 1 is 1.52 bits per heavy atom. The Labute approximate surface area is 131 Å². The summed E-state index contributed by atoms with van der Waals surface area (Å²) < 4.78 is 5.61. The van der Waals surface area contributed by atoms with Crippen LogP contribution in [0.25, 0.3) is 0 Å². The monoisotopic (exact) mass is 310 g/mol. The van der Waals surface area contributed by atoms with Gasteiger partial charge < -0.3 is 10.1 Å². The molecule has 0 radical (unpaired) electrons. The molecule has 1 aliphatic carbocycles. The van der Waals surface area contributed by atoms with Crippen LogP contribution in [0.15, 0.2) is 5.38 Å². The fourth-order valence-electron chi connectivity index (χ4n) is 2.76. The number of aromatic nitrogens is 1. The minimum Gasteiger partial charge on any atom is -0.369 e. The standard InChI is InChI=1S/C16H26N2O2S/c1-4-5-10-20-13(3)14(19)18-16(8-6-7-9-16)15-17-12(2)11-21-15/h11,13H,4-10H2,1-3H3,(H,18,19). The molecule has 2 rings (SSSR count).